The van der Waals surface area contributed by atoms with Gasteiger partial charge in [0.2, 0.25) is 0 Å². The van der Waals surface area contributed by atoms with E-state index in [1.807, 2.05) is 0 Å². The van der Waals surface area contributed by atoms with E-state index in [9.17, 15) is 0 Å². The van der Waals surface area contributed by atoms with Crippen LogP contribution in [0.3, 0.4) is 0 Å². The van der Waals surface area contributed by atoms with Gasteiger partial charge in [-0.1, -0.05) is 106 Å². The molecule has 0 saturated heterocycles. The maximum absolute atomic E-state index is 3.22. The number of rotatable bonds is 13. The second-order valence-corrected chi connectivity index (χ2v) is 40.2. The predicted octanol–water partition coefficient (Wildman–Crippen LogP) is 9.30. The van der Waals surface area contributed by atoms with Crippen molar-refractivity contribution in [3.05, 3.63) is 0 Å². The molecule has 30 heavy (non-hydrogen) atoms. The average Bonchev–Trinajstić information content (AvgIpc) is 2.39. The maximum Gasteiger partial charge on any atom is 0.117 e. The summed E-state index contributed by atoms with van der Waals surface area (Å²) in [6, 6.07) is 0. The highest BCUT2D eigenvalue weighted by Crippen LogP contribution is 2.64. The molecule has 0 fully saturated rings. The molecule has 0 spiro atoms. The third kappa shape index (κ3) is 10.9. The zero-order valence-corrected chi connectivity index (χ0v) is 29.8. The van der Waals surface area contributed by atoms with Crippen LogP contribution >= 0.6 is 31.7 Å². The fourth-order valence-corrected chi connectivity index (χ4v) is 41.0. The molecule has 0 aliphatic carbocycles. The topological polar surface area (TPSA) is 6.48 Å². The van der Waals surface area contributed by atoms with E-state index in [2.05, 4.69) is 138 Å². The average molecular weight is 543 g/mol. The van der Waals surface area contributed by atoms with Crippen LogP contribution in [0.25, 0.3) is 0 Å². The van der Waals surface area contributed by atoms with Gasteiger partial charge in [0.15, 0.2) is 0 Å². The summed E-state index contributed by atoms with van der Waals surface area (Å²) in [6.07, 6.45) is 0. The van der Waals surface area contributed by atoms with Crippen molar-refractivity contribution >= 4 is 64.7 Å². The minimum absolute atomic E-state index is 0.325. The normalized spacial score (nSPS) is 15.0. The van der Waals surface area contributed by atoms with Crippen molar-refractivity contribution in [2.45, 2.75) is 111 Å². The van der Waals surface area contributed by atoms with Gasteiger partial charge in [0.05, 0.1) is 4.32 Å². The lowest BCUT2D eigenvalue weighted by molar-refractivity contribution is 0.748. The summed E-state index contributed by atoms with van der Waals surface area (Å²) in [5.74, 6) is 4.08. The summed E-state index contributed by atoms with van der Waals surface area (Å²) in [6.45, 7) is 41.0. The molecule has 0 radical (unpaired) electrons. The lowest BCUT2D eigenvalue weighted by Gasteiger charge is -2.60. The van der Waals surface area contributed by atoms with Crippen LogP contribution in [-0.4, -0.2) is 56.8 Å². The SMILES string of the molecule is CC(C)CSC(SCC(C)C)P(N([Si](C)(C)C)[Si](C)(C)C)N([Si](C)(C)C)[Si](C)(C)C. The molecule has 0 aromatic carbocycles. The molecule has 0 aliphatic rings. The largest absolute Gasteiger partial charge is 0.312 e. The fourth-order valence-electron chi connectivity index (χ4n) is 4.25. The summed E-state index contributed by atoms with van der Waals surface area (Å²) >= 11 is 4.60. The van der Waals surface area contributed by atoms with Gasteiger partial charge < -0.3 is 8.00 Å². The van der Waals surface area contributed by atoms with Crippen LogP contribution in [0.2, 0.25) is 78.6 Å². The Bertz CT molecular complexity index is 437. The van der Waals surface area contributed by atoms with Crippen LogP contribution in [-0.2, 0) is 0 Å². The summed E-state index contributed by atoms with van der Waals surface area (Å²) in [4.78, 5) is 0. The van der Waals surface area contributed by atoms with Crippen molar-refractivity contribution in [1.82, 2.24) is 8.00 Å². The Balaban J connectivity index is 6.78. The molecule has 0 saturated carbocycles. The van der Waals surface area contributed by atoms with E-state index in [0.717, 1.165) is 11.8 Å². The molecule has 0 heterocycles. The molecular formula is C21H55N2PS2Si4. The van der Waals surface area contributed by atoms with E-state index in [1.165, 1.54) is 11.5 Å². The first-order chi connectivity index (χ1) is 13.1. The predicted molar refractivity (Wildman–Crippen MR) is 162 cm³/mol. The van der Waals surface area contributed by atoms with E-state index in [-0.39, 0.29) is 8.22 Å². The monoisotopic (exact) mass is 542 g/mol. The van der Waals surface area contributed by atoms with E-state index in [0.29, 0.717) is 4.32 Å². The third-order valence-corrected chi connectivity index (χ3v) is 33.4. The Hall–Kier alpha value is 1.92. The lowest BCUT2D eigenvalue weighted by Crippen LogP contribution is -2.64. The van der Waals surface area contributed by atoms with Crippen LogP contribution < -0.4 is 0 Å². The zero-order chi connectivity index (χ0) is 24.3. The number of thioether (sulfide) groups is 2. The second-order valence-electron chi connectivity index (χ2n) is 13.4. The van der Waals surface area contributed by atoms with Gasteiger partial charge in [-0.25, -0.2) is 0 Å². The van der Waals surface area contributed by atoms with Crippen molar-refractivity contribution in [1.29, 1.82) is 0 Å². The highest BCUT2D eigenvalue weighted by molar-refractivity contribution is 8.23. The molecule has 0 aromatic rings. The van der Waals surface area contributed by atoms with E-state index < -0.39 is 32.9 Å². The van der Waals surface area contributed by atoms with Crippen molar-refractivity contribution in [3.63, 3.8) is 0 Å². The third-order valence-electron chi connectivity index (χ3n) is 4.28. The molecule has 0 amide bonds. The van der Waals surface area contributed by atoms with Gasteiger partial charge in [-0.15, -0.1) is 23.5 Å². The first-order valence-corrected chi connectivity index (χ1v) is 28.9. The van der Waals surface area contributed by atoms with Crippen LogP contribution in [0.4, 0.5) is 0 Å². The zero-order valence-electron chi connectivity index (χ0n) is 23.3. The Labute approximate surface area is 205 Å². The van der Waals surface area contributed by atoms with Crippen molar-refractivity contribution in [2.24, 2.45) is 11.8 Å². The number of hydrogen-bond acceptors (Lipinski definition) is 4. The summed E-state index contributed by atoms with van der Waals surface area (Å²) in [5, 5.41) is 0. The molecular weight excluding hydrogens is 488 g/mol. The van der Waals surface area contributed by atoms with Gasteiger partial charge in [-0.3, -0.25) is 0 Å². The Morgan fingerprint density at radius 3 is 0.933 bits per heavy atom. The molecule has 9 heteroatoms. The molecule has 0 aromatic heterocycles. The number of nitrogens with zero attached hydrogens (tertiary/aromatic N) is 2. The fraction of sp³-hybridized carbons (Fsp3) is 1.00. The van der Waals surface area contributed by atoms with Crippen LogP contribution in [0.5, 0.6) is 0 Å². The van der Waals surface area contributed by atoms with E-state index in [1.54, 1.807) is 0 Å². The second kappa shape index (κ2) is 12.1. The molecule has 0 atom stereocenters. The van der Waals surface area contributed by atoms with Gasteiger partial charge in [-0.2, -0.15) is 0 Å². The standard InChI is InChI=1S/C21H55N2PS2Si4/c1-19(2)17-25-21(26-18-20(3)4)24(22(27(5,6)7)28(8,9)10)23(29(11,12)13)30(14,15)16/h19-21H,17-18H2,1-16H3. The molecule has 182 valence electrons. The van der Waals surface area contributed by atoms with Gasteiger partial charge in [0.1, 0.15) is 32.9 Å². The highest BCUT2D eigenvalue weighted by atomic mass is 32.2. The number of hydrogen-bond donors (Lipinski definition) is 0. The van der Waals surface area contributed by atoms with Crippen molar-refractivity contribution < 1.29 is 0 Å². The summed E-state index contributed by atoms with van der Waals surface area (Å²) in [7, 11) is -6.25. The minimum atomic E-state index is -1.48. The van der Waals surface area contributed by atoms with Crippen molar-refractivity contribution in [3.8, 4) is 0 Å². The lowest BCUT2D eigenvalue weighted by atomic mass is 10.3. The van der Waals surface area contributed by atoms with Gasteiger partial charge >= 0.3 is 0 Å². The quantitative estimate of drug-likeness (QED) is 0.130. The van der Waals surface area contributed by atoms with Crippen LogP contribution in [0.1, 0.15) is 27.7 Å². The highest BCUT2D eigenvalue weighted by Gasteiger charge is 2.51. The molecule has 0 unspecified atom stereocenters. The summed E-state index contributed by atoms with van der Waals surface area (Å²) < 4.78 is 7.13. The molecule has 2 nitrogen and oxygen atoms in total. The first-order valence-electron chi connectivity index (χ1n) is 11.7. The van der Waals surface area contributed by atoms with E-state index >= 15 is 0 Å². The van der Waals surface area contributed by atoms with Gasteiger partial charge in [0.25, 0.3) is 0 Å². The first kappa shape index (κ1) is 31.9. The maximum atomic E-state index is 3.22. The minimum Gasteiger partial charge on any atom is -0.312 e. The van der Waals surface area contributed by atoms with Gasteiger partial charge in [-0.05, 0) is 23.3 Å². The van der Waals surface area contributed by atoms with Crippen LogP contribution in [0, 0.1) is 11.8 Å². The summed E-state index contributed by atoms with van der Waals surface area (Å²) in [5.41, 5.74) is 0. The molecule has 0 aliphatic heterocycles. The smallest absolute Gasteiger partial charge is 0.117 e. The molecule has 0 N–H and O–H groups in total. The van der Waals surface area contributed by atoms with Crippen molar-refractivity contribution in [2.75, 3.05) is 11.5 Å². The molecule has 0 bridgehead atoms. The Kier molecular flexibility index (Phi) is 12.8. The Morgan fingerprint density at radius 2 is 0.767 bits per heavy atom. The molecule has 0 rings (SSSR count). The Morgan fingerprint density at radius 1 is 0.533 bits per heavy atom. The van der Waals surface area contributed by atoms with E-state index in [4.69, 9.17) is 0 Å². The van der Waals surface area contributed by atoms with Gasteiger partial charge in [0, 0.05) is 8.22 Å². The van der Waals surface area contributed by atoms with Crippen LogP contribution in [0.15, 0.2) is 0 Å².